The quantitative estimate of drug-likeness (QED) is 0.829. The molecule has 0 fully saturated rings. The highest BCUT2D eigenvalue weighted by Gasteiger charge is 2.33. The fourth-order valence-corrected chi connectivity index (χ4v) is 2.12. The Balaban J connectivity index is 3.08. The van der Waals surface area contributed by atoms with Gasteiger partial charge in [-0.2, -0.15) is 18.4 Å². The number of nitrogens with zero attached hydrogens (tertiary/aromatic N) is 2. The van der Waals surface area contributed by atoms with Crippen LogP contribution in [0.3, 0.4) is 0 Å². The summed E-state index contributed by atoms with van der Waals surface area (Å²) < 4.78 is 38.2. The third kappa shape index (κ3) is 3.97. The standard InChI is InChI=1S/C13H12BrF3N2O/c1-2-19(7-3-6-18)12(20)9-4-5-11(14)10(8-9)13(15,16)17/h4-5,8H,2-3,7H2,1H3. The molecule has 20 heavy (non-hydrogen) atoms. The van der Waals surface area contributed by atoms with Crippen molar-refractivity contribution in [2.24, 2.45) is 0 Å². The Morgan fingerprint density at radius 1 is 1.45 bits per heavy atom. The van der Waals surface area contributed by atoms with Crippen LogP contribution in [0.15, 0.2) is 22.7 Å². The van der Waals surface area contributed by atoms with Crippen molar-refractivity contribution in [3.8, 4) is 6.07 Å². The lowest BCUT2D eigenvalue weighted by Crippen LogP contribution is -2.31. The zero-order valence-corrected chi connectivity index (χ0v) is 12.3. The molecule has 1 aromatic carbocycles. The maximum absolute atomic E-state index is 12.8. The topological polar surface area (TPSA) is 44.1 Å². The number of benzene rings is 1. The highest BCUT2D eigenvalue weighted by molar-refractivity contribution is 9.10. The molecule has 1 amide bonds. The monoisotopic (exact) mass is 348 g/mol. The van der Waals surface area contributed by atoms with Crippen LogP contribution in [-0.4, -0.2) is 23.9 Å². The van der Waals surface area contributed by atoms with E-state index in [9.17, 15) is 18.0 Å². The number of halogens is 4. The first-order valence-electron chi connectivity index (χ1n) is 5.84. The van der Waals surface area contributed by atoms with Crippen LogP contribution < -0.4 is 0 Å². The lowest BCUT2D eigenvalue weighted by atomic mass is 10.1. The number of carbonyl (C=O) groups excluding carboxylic acids is 1. The lowest BCUT2D eigenvalue weighted by Gasteiger charge is -2.20. The summed E-state index contributed by atoms with van der Waals surface area (Å²) >= 11 is 2.82. The zero-order chi connectivity index (χ0) is 15.3. The maximum atomic E-state index is 12.8. The van der Waals surface area contributed by atoms with Crippen LogP contribution in [-0.2, 0) is 6.18 Å². The Hall–Kier alpha value is -1.55. The third-order valence-electron chi connectivity index (χ3n) is 2.68. The van der Waals surface area contributed by atoms with Crippen LogP contribution in [0.4, 0.5) is 13.2 Å². The van der Waals surface area contributed by atoms with E-state index < -0.39 is 17.6 Å². The number of amides is 1. The Kier molecular flexibility index (Phi) is 5.57. The minimum absolute atomic E-state index is 0.0414. The van der Waals surface area contributed by atoms with Crippen LogP contribution >= 0.6 is 15.9 Å². The molecule has 0 aliphatic carbocycles. The maximum Gasteiger partial charge on any atom is 0.417 e. The average Bonchev–Trinajstić information content (AvgIpc) is 2.38. The number of nitriles is 1. The van der Waals surface area contributed by atoms with E-state index in [0.717, 1.165) is 6.07 Å². The second-order valence-electron chi connectivity index (χ2n) is 3.99. The molecule has 0 atom stereocenters. The van der Waals surface area contributed by atoms with Gasteiger partial charge in [0.05, 0.1) is 18.1 Å². The van der Waals surface area contributed by atoms with E-state index in [2.05, 4.69) is 15.9 Å². The SMILES string of the molecule is CCN(CCC#N)C(=O)c1ccc(Br)c(C(F)(F)F)c1. The van der Waals surface area contributed by atoms with Crippen molar-refractivity contribution in [3.63, 3.8) is 0 Å². The van der Waals surface area contributed by atoms with Crippen molar-refractivity contribution in [1.29, 1.82) is 5.26 Å². The molecule has 7 heteroatoms. The van der Waals surface area contributed by atoms with Crippen molar-refractivity contribution in [3.05, 3.63) is 33.8 Å². The van der Waals surface area contributed by atoms with Crippen molar-refractivity contribution in [1.82, 2.24) is 4.90 Å². The summed E-state index contributed by atoms with van der Waals surface area (Å²) in [6.45, 7) is 2.24. The molecule has 3 nitrogen and oxygen atoms in total. The Morgan fingerprint density at radius 3 is 2.60 bits per heavy atom. The van der Waals surface area contributed by atoms with Gasteiger partial charge in [-0.15, -0.1) is 0 Å². The minimum atomic E-state index is -4.53. The molecule has 0 bridgehead atoms. The highest BCUT2D eigenvalue weighted by atomic mass is 79.9. The van der Waals surface area contributed by atoms with Crippen LogP contribution in [0.5, 0.6) is 0 Å². The van der Waals surface area contributed by atoms with Gasteiger partial charge < -0.3 is 4.90 Å². The second kappa shape index (κ2) is 6.75. The molecule has 0 N–H and O–H groups in total. The van der Waals surface area contributed by atoms with E-state index in [-0.39, 0.29) is 23.0 Å². The molecule has 0 aromatic heterocycles. The van der Waals surface area contributed by atoms with Crippen molar-refractivity contribution in [2.75, 3.05) is 13.1 Å². The number of alkyl halides is 3. The highest BCUT2D eigenvalue weighted by Crippen LogP contribution is 2.35. The van der Waals surface area contributed by atoms with E-state index in [4.69, 9.17) is 5.26 Å². The molecule has 0 heterocycles. The van der Waals surface area contributed by atoms with Gasteiger partial charge in [0.25, 0.3) is 5.91 Å². The average molecular weight is 349 g/mol. The van der Waals surface area contributed by atoms with Crippen molar-refractivity contribution in [2.45, 2.75) is 19.5 Å². The summed E-state index contributed by atoms with van der Waals surface area (Å²) in [5.74, 6) is -0.513. The van der Waals surface area contributed by atoms with Gasteiger partial charge in [0.1, 0.15) is 0 Å². The largest absolute Gasteiger partial charge is 0.417 e. The lowest BCUT2D eigenvalue weighted by molar-refractivity contribution is -0.138. The van der Waals surface area contributed by atoms with Gasteiger partial charge in [-0.05, 0) is 25.1 Å². The molecule has 0 aliphatic heterocycles. The molecule has 0 unspecified atom stereocenters. The summed E-state index contributed by atoms with van der Waals surface area (Å²) in [6, 6.07) is 5.26. The van der Waals surface area contributed by atoms with E-state index in [1.807, 2.05) is 6.07 Å². The number of rotatable bonds is 4. The number of carbonyl (C=O) groups is 1. The second-order valence-corrected chi connectivity index (χ2v) is 4.84. The Morgan fingerprint density at radius 2 is 2.10 bits per heavy atom. The Labute approximate surface area is 123 Å². The van der Waals surface area contributed by atoms with E-state index in [1.54, 1.807) is 6.92 Å². The predicted octanol–water partition coefficient (Wildman–Crippen LogP) is 3.84. The van der Waals surface area contributed by atoms with Crippen LogP contribution in [0.25, 0.3) is 0 Å². The molecule has 0 spiro atoms. The Bertz CT molecular complexity index is 537. The summed E-state index contributed by atoms with van der Waals surface area (Å²) in [4.78, 5) is 13.4. The number of hydrogen-bond donors (Lipinski definition) is 0. The van der Waals surface area contributed by atoms with Crippen LogP contribution in [0.2, 0.25) is 0 Å². The first-order chi connectivity index (χ1) is 9.31. The zero-order valence-electron chi connectivity index (χ0n) is 10.7. The fourth-order valence-electron chi connectivity index (χ4n) is 1.65. The van der Waals surface area contributed by atoms with Gasteiger partial charge in [0.15, 0.2) is 0 Å². The summed E-state index contributed by atoms with van der Waals surface area (Å²) in [7, 11) is 0. The van der Waals surface area contributed by atoms with E-state index in [0.29, 0.717) is 6.54 Å². The fraction of sp³-hybridized carbons (Fsp3) is 0.385. The smallest absolute Gasteiger partial charge is 0.338 e. The third-order valence-corrected chi connectivity index (χ3v) is 3.37. The first kappa shape index (κ1) is 16.5. The van der Waals surface area contributed by atoms with Gasteiger partial charge in [-0.3, -0.25) is 4.79 Å². The first-order valence-corrected chi connectivity index (χ1v) is 6.63. The molecule has 108 valence electrons. The van der Waals surface area contributed by atoms with Crippen LogP contribution in [0, 0.1) is 11.3 Å². The number of hydrogen-bond acceptors (Lipinski definition) is 2. The molecule has 1 aromatic rings. The molecule has 1 rings (SSSR count). The molecule has 0 radical (unpaired) electrons. The summed E-state index contributed by atoms with van der Waals surface area (Å²) in [6.07, 6.45) is -4.39. The van der Waals surface area contributed by atoms with Gasteiger partial charge in [0, 0.05) is 23.1 Å². The van der Waals surface area contributed by atoms with Gasteiger partial charge >= 0.3 is 6.18 Å². The van der Waals surface area contributed by atoms with E-state index in [1.165, 1.54) is 17.0 Å². The van der Waals surface area contributed by atoms with Crippen LogP contribution in [0.1, 0.15) is 29.3 Å². The summed E-state index contributed by atoms with van der Waals surface area (Å²) in [5.41, 5.74) is -0.931. The molecule has 0 aliphatic rings. The molecular weight excluding hydrogens is 337 g/mol. The van der Waals surface area contributed by atoms with Gasteiger partial charge in [-0.1, -0.05) is 15.9 Å². The van der Waals surface area contributed by atoms with Gasteiger partial charge in [-0.25, -0.2) is 0 Å². The van der Waals surface area contributed by atoms with Crippen molar-refractivity contribution >= 4 is 21.8 Å². The molecule has 0 saturated heterocycles. The molecule has 0 saturated carbocycles. The van der Waals surface area contributed by atoms with Crippen molar-refractivity contribution < 1.29 is 18.0 Å². The summed E-state index contributed by atoms with van der Waals surface area (Å²) in [5, 5.41) is 8.51. The minimum Gasteiger partial charge on any atom is -0.338 e. The van der Waals surface area contributed by atoms with E-state index >= 15 is 0 Å². The predicted molar refractivity (Wildman–Crippen MR) is 71.0 cm³/mol. The van der Waals surface area contributed by atoms with Gasteiger partial charge in [0.2, 0.25) is 0 Å². The normalized spacial score (nSPS) is 11.0. The molecular formula is C13H12BrF3N2O.